The third kappa shape index (κ3) is 4.43. The second-order valence-electron chi connectivity index (χ2n) is 4.66. The van der Waals surface area contributed by atoms with Crippen molar-refractivity contribution in [2.24, 2.45) is 0 Å². The summed E-state index contributed by atoms with van der Waals surface area (Å²) in [6.45, 7) is 4.07. The molecule has 0 amide bonds. The van der Waals surface area contributed by atoms with E-state index in [9.17, 15) is 8.42 Å². The van der Waals surface area contributed by atoms with E-state index in [1.54, 1.807) is 0 Å². The fourth-order valence-corrected chi connectivity index (χ4v) is 2.93. The van der Waals surface area contributed by atoms with Crippen LogP contribution in [0.3, 0.4) is 0 Å². The lowest BCUT2D eigenvalue weighted by atomic mass is 10.2. The van der Waals surface area contributed by atoms with Crippen LogP contribution < -0.4 is 0 Å². The van der Waals surface area contributed by atoms with Crippen LogP contribution in [0.1, 0.15) is 19.4 Å². The SMILES string of the molecule is CC(C)OCCN(C)S(=O)(=O)c1ccc(Cl)c(CO)c1. The smallest absolute Gasteiger partial charge is 0.242 e. The summed E-state index contributed by atoms with van der Waals surface area (Å²) >= 11 is 5.86. The summed E-state index contributed by atoms with van der Waals surface area (Å²) in [5.41, 5.74) is 0.388. The van der Waals surface area contributed by atoms with Gasteiger partial charge in [0.05, 0.1) is 24.2 Å². The minimum Gasteiger partial charge on any atom is -0.392 e. The summed E-state index contributed by atoms with van der Waals surface area (Å²) in [7, 11) is -2.11. The Labute approximate surface area is 125 Å². The zero-order chi connectivity index (χ0) is 15.3. The summed E-state index contributed by atoms with van der Waals surface area (Å²) in [5, 5.41) is 9.48. The van der Waals surface area contributed by atoms with E-state index in [-0.39, 0.29) is 24.2 Å². The molecule has 0 saturated carbocycles. The second kappa shape index (κ2) is 7.38. The molecule has 0 unspecified atom stereocenters. The highest BCUT2D eigenvalue weighted by Crippen LogP contribution is 2.22. The van der Waals surface area contributed by atoms with E-state index in [2.05, 4.69) is 0 Å². The van der Waals surface area contributed by atoms with Crippen molar-refractivity contribution in [3.63, 3.8) is 0 Å². The van der Waals surface area contributed by atoms with Gasteiger partial charge in [-0.25, -0.2) is 8.42 Å². The summed E-state index contributed by atoms with van der Waals surface area (Å²) in [4.78, 5) is 0.109. The van der Waals surface area contributed by atoms with Crippen LogP contribution in [0.4, 0.5) is 0 Å². The van der Waals surface area contributed by atoms with E-state index < -0.39 is 10.0 Å². The van der Waals surface area contributed by atoms with Gasteiger partial charge in [-0.15, -0.1) is 0 Å². The minimum atomic E-state index is -3.60. The monoisotopic (exact) mass is 321 g/mol. The Kier molecular flexibility index (Phi) is 6.42. The molecular weight excluding hydrogens is 302 g/mol. The molecule has 0 fully saturated rings. The molecule has 7 heteroatoms. The Balaban J connectivity index is 2.87. The molecule has 1 aromatic rings. The van der Waals surface area contributed by atoms with E-state index >= 15 is 0 Å². The van der Waals surface area contributed by atoms with Gasteiger partial charge in [-0.3, -0.25) is 0 Å². The highest BCUT2D eigenvalue weighted by Gasteiger charge is 2.21. The number of aliphatic hydroxyl groups excluding tert-OH is 1. The Morgan fingerprint density at radius 2 is 2.05 bits per heavy atom. The first-order valence-corrected chi connectivity index (χ1v) is 8.08. The molecule has 114 valence electrons. The molecule has 1 rings (SSSR count). The maximum Gasteiger partial charge on any atom is 0.242 e. The summed E-state index contributed by atoms with van der Waals surface area (Å²) < 4.78 is 31.2. The summed E-state index contributed by atoms with van der Waals surface area (Å²) in [6, 6.07) is 4.28. The standard InChI is InChI=1S/C13H20ClNO4S/c1-10(2)19-7-6-15(3)20(17,18)12-4-5-13(14)11(8-12)9-16/h4-5,8,10,16H,6-7,9H2,1-3H3. The molecule has 0 atom stereocenters. The largest absolute Gasteiger partial charge is 0.392 e. The van der Waals surface area contributed by atoms with Gasteiger partial charge in [0.1, 0.15) is 0 Å². The normalized spacial score (nSPS) is 12.3. The number of nitrogens with zero attached hydrogens (tertiary/aromatic N) is 1. The summed E-state index contributed by atoms with van der Waals surface area (Å²) in [6.07, 6.45) is 0.0580. The molecule has 5 nitrogen and oxygen atoms in total. The van der Waals surface area contributed by atoms with Gasteiger partial charge in [0.15, 0.2) is 0 Å². The first-order chi connectivity index (χ1) is 9.28. The van der Waals surface area contributed by atoms with E-state index in [0.29, 0.717) is 17.2 Å². The molecular formula is C13H20ClNO4S. The van der Waals surface area contributed by atoms with E-state index in [1.807, 2.05) is 13.8 Å². The lowest BCUT2D eigenvalue weighted by Gasteiger charge is -2.18. The van der Waals surface area contributed by atoms with Crippen molar-refractivity contribution in [3.05, 3.63) is 28.8 Å². The quantitative estimate of drug-likeness (QED) is 0.832. The number of hydrogen-bond donors (Lipinski definition) is 1. The average molecular weight is 322 g/mol. The highest BCUT2D eigenvalue weighted by atomic mass is 35.5. The number of hydrogen-bond acceptors (Lipinski definition) is 4. The number of rotatable bonds is 7. The van der Waals surface area contributed by atoms with Gasteiger partial charge in [-0.2, -0.15) is 4.31 Å². The van der Waals surface area contributed by atoms with Gasteiger partial charge in [-0.05, 0) is 37.6 Å². The molecule has 0 aliphatic heterocycles. The zero-order valence-corrected chi connectivity index (χ0v) is 13.4. The van der Waals surface area contributed by atoms with Crippen LogP contribution in [-0.4, -0.2) is 44.1 Å². The number of halogens is 1. The molecule has 1 N–H and O–H groups in total. The van der Waals surface area contributed by atoms with Crippen molar-refractivity contribution in [2.45, 2.75) is 31.5 Å². The molecule has 20 heavy (non-hydrogen) atoms. The Bertz CT molecular complexity index is 545. The number of sulfonamides is 1. The van der Waals surface area contributed by atoms with Crippen LogP contribution in [-0.2, 0) is 21.4 Å². The van der Waals surface area contributed by atoms with Gasteiger partial charge < -0.3 is 9.84 Å². The van der Waals surface area contributed by atoms with Crippen molar-refractivity contribution in [1.29, 1.82) is 0 Å². The van der Waals surface area contributed by atoms with Crippen molar-refractivity contribution in [1.82, 2.24) is 4.31 Å². The maximum absolute atomic E-state index is 12.3. The van der Waals surface area contributed by atoms with Crippen LogP contribution >= 0.6 is 11.6 Å². The molecule has 0 aliphatic rings. The Morgan fingerprint density at radius 1 is 1.40 bits per heavy atom. The predicted molar refractivity (Wildman–Crippen MR) is 78.3 cm³/mol. The number of ether oxygens (including phenoxy) is 1. The molecule has 1 aromatic carbocycles. The Morgan fingerprint density at radius 3 is 2.60 bits per heavy atom. The molecule has 0 saturated heterocycles. The van der Waals surface area contributed by atoms with Gasteiger partial charge in [0.2, 0.25) is 10.0 Å². The second-order valence-corrected chi connectivity index (χ2v) is 7.11. The van der Waals surface area contributed by atoms with E-state index in [0.717, 1.165) is 0 Å². The highest BCUT2D eigenvalue weighted by molar-refractivity contribution is 7.89. The molecule has 0 heterocycles. The van der Waals surface area contributed by atoms with Crippen LogP contribution in [0, 0.1) is 0 Å². The fourth-order valence-electron chi connectivity index (χ4n) is 1.55. The third-order valence-corrected chi connectivity index (χ3v) is 4.97. The predicted octanol–water partition coefficient (Wildman–Crippen LogP) is 1.88. The minimum absolute atomic E-state index is 0.0580. The first kappa shape index (κ1) is 17.4. The lowest BCUT2D eigenvalue weighted by Crippen LogP contribution is -2.31. The third-order valence-electron chi connectivity index (χ3n) is 2.75. The van der Waals surface area contributed by atoms with Crippen LogP contribution in [0.25, 0.3) is 0 Å². The molecule has 0 radical (unpaired) electrons. The molecule has 0 aliphatic carbocycles. The van der Waals surface area contributed by atoms with Gasteiger partial charge in [-0.1, -0.05) is 11.6 Å². The first-order valence-electron chi connectivity index (χ1n) is 6.26. The van der Waals surface area contributed by atoms with Crippen LogP contribution in [0.15, 0.2) is 23.1 Å². The molecule has 0 bridgehead atoms. The van der Waals surface area contributed by atoms with E-state index in [1.165, 1.54) is 29.6 Å². The lowest BCUT2D eigenvalue weighted by molar-refractivity contribution is 0.0737. The average Bonchev–Trinajstić information content (AvgIpc) is 2.38. The van der Waals surface area contributed by atoms with Crippen molar-refractivity contribution in [2.75, 3.05) is 20.2 Å². The topological polar surface area (TPSA) is 66.8 Å². The Hall–Kier alpha value is -0.660. The summed E-state index contributed by atoms with van der Waals surface area (Å²) in [5.74, 6) is 0. The maximum atomic E-state index is 12.3. The van der Waals surface area contributed by atoms with Crippen molar-refractivity contribution < 1.29 is 18.3 Å². The van der Waals surface area contributed by atoms with Crippen molar-refractivity contribution in [3.8, 4) is 0 Å². The van der Waals surface area contributed by atoms with Crippen LogP contribution in [0.5, 0.6) is 0 Å². The molecule has 0 spiro atoms. The van der Waals surface area contributed by atoms with Gasteiger partial charge >= 0.3 is 0 Å². The fraction of sp³-hybridized carbons (Fsp3) is 0.538. The van der Waals surface area contributed by atoms with Gasteiger partial charge in [0.25, 0.3) is 0 Å². The van der Waals surface area contributed by atoms with Gasteiger partial charge in [0, 0.05) is 18.6 Å². The molecule has 0 aromatic heterocycles. The number of aliphatic hydroxyl groups is 1. The van der Waals surface area contributed by atoms with Crippen molar-refractivity contribution >= 4 is 21.6 Å². The van der Waals surface area contributed by atoms with E-state index in [4.69, 9.17) is 21.4 Å². The number of likely N-dealkylation sites (N-methyl/N-ethyl adjacent to an activating group) is 1. The van der Waals surface area contributed by atoms with Crippen LogP contribution in [0.2, 0.25) is 5.02 Å². The number of benzene rings is 1. The zero-order valence-electron chi connectivity index (χ0n) is 11.8.